The fourth-order valence-corrected chi connectivity index (χ4v) is 4.65. The fourth-order valence-electron chi connectivity index (χ4n) is 4.65. The van der Waals surface area contributed by atoms with Crippen molar-refractivity contribution >= 4 is 29.0 Å². The van der Waals surface area contributed by atoms with Crippen molar-refractivity contribution in [2.75, 3.05) is 13.7 Å². The van der Waals surface area contributed by atoms with Crippen LogP contribution in [0.3, 0.4) is 0 Å². The van der Waals surface area contributed by atoms with E-state index in [1.54, 1.807) is 6.08 Å². The van der Waals surface area contributed by atoms with Gasteiger partial charge in [-0.3, -0.25) is 0 Å². The second-order valence-corrected chi connectivity index (χ2v) is 9.85. The zero-order valence-electron chi connectivity index (χ0n) is 20.4. The van der Waals surface area contributed by atoms with Gasteiger partial charge in [0.05, 0.1) is 13.2 Å². The van der Waals surface area contributed by atoms with E-state index < -0.39 is 0 Å². The lowest BCUT2D eigenvalue weighted by Gasteiger charge is -2.33. The number of aromatic amines is 1. The Balaban J connectivity index is 1.58. The summed E-state index contributed by atoms with van der Waals surface area (Å²) in [5.41, 5.74) is 5.36. The predicted molar refractivity (Wildman–Crippen MR) is 136 cm³/mol. The third-order valence-corrected chi connectivity index (χ3v) is 6.24. The molecule has 0 saturated heterocycles. The summed E-state index contributed by atoms with van der Waals surface area (Å²) in [6, 6.07) is 14.4. The van der Waals surface area contributed by atoms with Crippen molar-refractivity contribution in [2.24, 2.45) is 0 Å². The molecule has 1 aliphatic rings. The molecule has 0 aliphatic heterocycles. The smallest absolute Gasteiger partial charge is 0.330 e. The molecule has 6 nitrogen and oxygen atoms in total. The van der Waals surface area contributed by atoms with Crippen LogP contribution in [0.1, 0.15) is 55.5 Å². The van der Waals surface area contributed by atoms with Crippen LogP contribution in [0.2, 0.25) is 0 Å². The van der Waals surface area contributed by atoms with Crippen LogP contribution in [0, 0.1) is 0 Å². The first kappa shape index (κ1) is 23.6. The molecule has 2 N–H and O–H groups in total. The Hall–Kier alpha value is -3.54. The van der Waals surface area contributed by atoms with Gasteiger partial charge < -0.3 is 19.9 Å². The average Bonchev–Trinajstić information content (AvgIpc) is 3.40. The van der Waals surface area contributed by atoms with E-state index in [4.69, 9.17) is 0 Å². The van der Waals surface area contributed by atoms with E-state index in [-0.39, 0.29) is 23.6 Å². The number of hydrogen-bond acceptors (Lipinski definition) is 3. The van der Waals surface area contributed by atoms with Crippen LogP contribution in [0.25, 0.3) is 17.0 Å². The van der Waals surface area contributed by atoms with Crippen LogP contribution in [-0.2, 0) is 22.4 Å². The van der Waals surface area contributed by atoms with Gasteiger partial charge in [-0.15, -0.1) is 0 Å². The van der Waals surface area contributed by atoms with Gasteiger partial charge in [-0.25, -0.2) is 9.59 Å². The molecule has 6 heteroatoms. The molecule has 2 aromatic carbocycles. The molecule has 0 bridgehead atoms. The highest BCUT2D eigenvalue weighted by Gasteiger charge is 2.32. The average molecular weight is 460 g/mol. The number of carbonyl (C=O) groups excluding carboxylic acids is 2. The monoisotopic (exact) mass is 459 g/mol. The number of H-pyrrole nitrogens is 1. The molecule has 2 amide bonds. The number of ether oxygens (including phenoxy) is 1. The lowest BCUT2D eigenvalue weighted by molar-refractivity contribution is -0.134. The van der Waals surface area contributed by atoms with E-state index in [9.17, 15) is 9.59 Å². The maximum Gasteiger partial charge on any atom is 0.330 e. The van der Waals surface area contributed by atoms with Crippen LogP contribution in [-0.4, -0.2) is 41.1 Å². The minimum absolute atomic E-state index is 0.0150. The van der Waals surface area contributed by atoms with Crippen molar-refractivity contribution in [3.05, 3.63) is 77.0 Å². The van der Waals surface area contributed by atoms with Gasteiger partial charge >= 0.3 is 12.0 Å². The summed E-state index contributed by atoms with van der Waals surface area (Å²) in [6.45, 7) is 6.64. The van der Waals surface area contributed by atoms with E-state index in [0.29, 0.717) is 6.54 Å². The molecule has 4 rings (SSSR count). The van der Waals surface area contributed by atoms with Gasteiger partial charge in [-0.2, -0.15) is 0 Å². The summed E-state index contributed by atoms with van der Waals surface area (Å²) in [5, 5.41) is 4.36. The normalized spacial score (nSPS) is 15.5. The minimum Gasteiger partial charge on any atom is -0.466 e. The number of fused-ring (bicyclic) bond motifs is 2. The Labute approximate surface area is 201 Å². The molecule has 178 valence electrons. The summed E-state index contributed by atoms with van der Waals surface area (Å²) >= 11 is 0. The summed E-state index contributed by atoms with van der Waals surface area (Å²) in [4.78, 5) is 30.2. The summed E-state index contributed by atoms with van der Waals surface area (Å²) in [6.07, 6.45) is 7.79. The van der Waals surface area contributed by atoms with Gasteiger partial charge in [0.15, 0.2) is 0 Å². The van der Waals surface area contributed by atoms with Crippen LogP contribution < -0.4 is 5.32 Å². The quantitative estimate of drug-likeness (QED) is 0.383. The molecule has 1 unspecified atom stereocenters. The number of esters is 1. The van der Waals surface area contributed by atoms with Crippen molar-refractivity contribution in [3.8, 4) is 0 Å². The molecule has 34 heavy (non-hydrogen) atoms. The Morgan fingerprint density at radius 1 is 1.21 bits per heavy atom. The van der Waals surface area contributed by atoms with Crippen molar-refractivity contribution in [1.82, 2.24) is 15.2 Å². The molecule has 1 atom stereocenters. The SMILES string of the molecule is COC(=O)/C=C/c1ccc2c(c1)CCC2N(CCc1c[nH]c2ccccc12)C(=O)NC(C)(C)C. The van der Waals surface area contributed by atoms with Crippen molar-refractivity contribution in [2.45, 2.75) is 51.6 Å². The highest BCUT2D eigenvalue weighted by atomic mass is 16.5. The molecule has 0 fully saturated rings. The molecular weight excluding hydrogens is 426 g/mol. The molecule has 1 aromatic heterocycles. The highest BCUT2D eigenvalue weighted by molar-refractivity contribution is 5.87. The molecule has 0 radical (unpaired) electrons. The number of aryl methyl sites for hydroxylation is 1. The van der Waals surface area contributed by atoms with Crippen LogP contribution >= 0.6 is 0 Å². The number of methoxy groups -OCH3 is 1. The lowest BCUT2D eigenvalue weighted by atomic mass is 10.0. The standard InChI is InChI=1S/C28H33N3O3/c1-28(2,3)30-27(33)31(16-15-21-18-29-24-8-6-5-7-22(21)24)25-13-11-20-17-19(9-12-23(20)25)10-14-26(32)34-4/h5-10,12,14,17-18,25,29H,11,13,15-16H2,1-4H3,(H,30,33)/b14-10+. The van der Waals surface area contributed by atoms with Crippen LogP contribution in [0.4, 0.5) is 4.79 Å². The Bertz CT molecular complexity index is 1220. The Morgan fingerprint density at radius 2 is 2.00 bits per heavy atom. The Morgan fingerprint density at radius 3 is 2.76 bits per heavy atom. The van der Waals surface area contributed by atoms with Gasteiger partial charge in [-0.1, -0.05) is 36.4 Å². The fraction of sp³-hybridized carbons (Fsp3) is 0.357. The molecule has 0 saturated carbocycles. The second kappa shape index (κ2) is 9.75. The van der Waals surface area contributed by atoms with Gasteiger partial charge in [0.1, 0.15) is 0 Å². The number of carbonyl (C=O) groups is 2. The van der Waals surface area contributed by atoms with Crippen molar-refractivity contribution in [1.29, 1.82) is 0 Å². The molecule has 1 aliphatic carbocycles. The number of urea groups is 1. The summed E-state index contributed by atoms with van der Waals surface area (Å²) in [5.74, 6) is -0.374. The molecule has 3 aromatic rings. The molecule has 1 heterocycles. The van der Waals surface area contributed by atoms with Gasteiger partial charge in [0, 0.05) is 35.3 Å². The number of nitrogens with one attached hydrogen (secondary N) is 2. The topological polar surface area (TPSA) is 74.4 Å². The van der Waals surface area contributed by atoms with E-state index in [1.165, 1.54) is 35.3 Å². The molecular formula is C28H33N3O3. The highest BCUT2D eigenvalue weighted by Crippen LogP contribution is 2.37. The summed E-state index contributed by atoms with van der Waals surface area (Å²) in [7, 11) is 1.37. The predicted octanol–water partition coefficient (Wildman–Crippen LogP) is 5.39. The van der Waals surface area contributed by atoms with E-state index >= 15 is 0 Å². The van der Waals surface area contributed by atoms with Gasteiger partial charge in [-0.05, 0) is 74.4 Å². The molecule has 0 spiro atoms. The van der Waals surface area contributed by atoms with Crippen LogP contribution in [0.15, 0.2) is 54.7 Å². The maximum atomic E-state index is 13.4. The third kappa shape index (κ3) is 5.33. The number of aromatic nitrogens is 1. The maximum absolute atomic E-state index is 13.4. The van der Waals surface area contributed by atoms with Crippen molar-refractivity contribution < 1.29 is 14.3 Å². The number of amides is 2. The van der Waals surface area contributed by atoms with E-state index in [2.05, 4.69) is 39.3 Å². The Kier molecular flexibility index (Phi) is 6.77. The largest absolute Gasteiger partial charge is 0.466 e. The number of rotatable bonds is 6. The third-order valence-electron chi connectivity index (χ3n) is 6.24. The summed E-state index contributed by atoms with van der Waals surface area (Å²) < 4.78 is 4.68. The first-order valence-electron chi connectivity index (χ1n) is 11.8. The van der Waals surface area contributed by atoms with Gasteiger partial charge in [0.2, 0.25) is 0 Å². The zero-order valence-corrected chi connectivity index (χ0v) is 20.4. The second-order valence-electron chi connectivity index (χ2n) is 9.85. The zero-order chi connectivity index (χ0) is 24.3. The first-order chi connectivity index (χ1) is 16.2. The number of hydrogen-bond donors (Lipinski definition) is 2. The van der Waals surface area contributed by atoms with Crippen molar-refractivity contribution in [3.63, 3.8) is 0 Å². The van der Waals surface area contributed by atoms with Crippen LogP contribution in [0.5, 0.6) is 0 Å². The number of nitrogens with zero attached hydrogens (tertiary/aromatic N) is 1. The van der Waals surface area contributed by atoms with E-state index in [1.807, 2.05) is 50.1 Å². The minimum atomic E-state index is -0.374. The lowest BCUT2D eigenvalue weighted by Crippen LogP contribution is -2.50. The van der Waals surface area contributed by atoms with E-state index in [0.717, 1.165) is 30.3 Å². The first-order valence-corrected chi connectivity index (χ1v) is 11.8. The number of para-hydroxylation sites is 1. The van der Waals surface area contributed by atoms with Gasteiger partial charge in [0.25, 0.3) is 0 Å². The number of benzene rings is 2.